The Morgan fingerprint density at radius 2 is 2.06 bits per heavy atom. The highest BCUT2D eigenvalue weighted by Gasteiger charge is 2.26. The van der Waals surface area contributed by atoms with E-state index < -0.39 is 12.1 Å². The maximum Gasteiger partial charge on any atom is 0.374 e. The van der Waals surface area contributed by atoms with E-state index >= 15 is 0 Å². The molecule has 1 heterocycles. The molecule has 0 fully saturated rings. The molecule has 4 heteroatoms. The lowest BCUT2D eigenvalue weighted by Crippen LogP contribution is -2.12. The Kier molecular flexibility index (Phi) is 3.22. The maximum atomic E-state index is 11.2. The standard InChI is InChI=1S/C12H12O4/c13-7-10-6-11(12(14)16-10)15-8-9-4-2-1-3-5-9/h1-6,10,13H,7-8H2. The molecule has 0 radical (unpaired) electrons. The van der Waals surface area contributed by atoms with Crippen molar-refractivity contribution in [3.05, 3.63) is 47.7 Å². The zero-order valence-corrected chi connectivity index (χ0v) is 8.63. The Labute approximate surface area is 93.1 Å². The van der Waals surface area contributed by atoms with Gasteiger partial charge in [-0.15, -0.1) is 0 Å². The van der Waals surface area contributed by atoms with Crippen LogP contribution < -0.4 is 0 Å². The number of hydrogen-bond donors (Lipinski definition) is 1. The molecule has 1 unspecified atom stereocenters. The molecule has 2 rings (SSSR count). The van der Waals surface area contributed by atoms with E-state index in [1.54, 1.807) is 0 Å². The molecule has 16 heavy (non-hydrogen) atoms. The molecule has 1 aromatic carbocycles. The maximum absolute atomic E-state index is 11.2. The van der Waals surface area contributed by atoms with Crippen LogP contribution in [-0.4, -0.2) is 23.8 Å². The molecule has 1 aliphatic heterocycles. The summed E-state index contributed by atoms with van der Waals surface area (Å²) in [7, 11) is 0. The van der Waals surface area contributed by atoms with Crippen LogP contribution in [0.3, 0.4) is 0 Å². The molecule has 1 atom stereocenters. The fourth-order valence-electron chi connectivity index (χ4n) is 1.40. The third kappa shape index (κ3) is 2.41. The number of ether oxygens (including phenoxy) is 2. The van der Waals surface area contributed by atoms with Crippen molar-refractivity contribution in [3.8, 4) is 0 Å². The largest absolute Gasteiger partial charge is 0.482 e. The molecule has 1 aromatic rings. The van der Waals surface area contributed by atoms with Crippen LogP contribution in [0.15, 0.2) is 42.2 Å². The summed E-state index contributed by atoms with van der Waals surface area (Å²) in [4.78, 5) is 11.2. The van der Waals surface area contributed by atoms with Crippen molar-refractivity contribution in [1.29, 1.82) is 0 Å². The Morgan fingerprint density at radius 1 is 1.31 bits per heavy atom. The predicted octanol–water partition coefficient (Wildman–Crippen LogP) is 1.00. The molecule has 0 saturated heterocycles. The van der Waals surface area contributed by atoms with Crippen LogP contribution in [0.2, 0.25) is 0 Å². The van der Waals surface area contributed by atoms with Crippen molar-refractivity contribution in [2.75, 3.05) is 6.61 Å². The number of rotatable bonds is 4. The molecule has 84 valence electrons. The first-order valence-electron chi connectivity index (χ1n) is 5.00. The van der Waals surface area contributed by atoms with Gasteiger partial charge in [-0.25, -0.2) is 4.79 Å². The molecule has 0 aromatic heterocycles. The molecule has 0 aliphatic carbocycles. The van der Waals surface area contributed by atoms with Gasteiger partial charge < -0.3 is 14.6 Å². The summed E-state index contributed by atoms with van der Waals surface area (Å²) < 4.78 is 10.1. The third-order valence-electron chi connectivity index (χ3n) is 2.21. The smallest absolute Gasteiger partial charge is 0.374 e. The van der Waals surface area contributed by atoms with Crippen LogP contribution in [0.4, 0.5) is 0 Å². The van der Waals surface area contributed by atoms with Crippen molar-refractivity contribution in [2.24, 2.45) is 0 Å². The van der Waals surface area contributed by atoms with Crippen LogP contribution >= 0.6 is 0 Å². The molecular formula is C12H12O4. The lowest BCUT2D eigenvalue weighted by molar-refractivity contribution is -0.144. The van der Waals surface area contributed by atoms with Gasteiger partial charge in [0.2, 0.25) is 5.76 Å². The van der Waals surface area contributed by atoms with Crippen molar-refractivity contribution in [3.63, 3.8) is 0 Å². The van der Waals surface area contributed by atoms with Crippen molar-refractivity contribution in [1.82, 2.24) is 0 Å². The number of hydrogen-bond acceptors (Lipinski definition) is 4. The minimum absolute atomic E-state index is 0.169. The summed E-state index contributed by atoms with van der Waals surface area (Å²) in [6, 6.07) is 9.52. The normalized spacial score (nSPS) is 19.2. The SMILES string of the molecule is O=C1OC(CO)C=C1OCc1ccccc1. The quantitative estimate of drug-likeness (QED) is 0.769. The number of cyclic esters (lactones) is 1. The summed E-state index contributed by atoms with van der Waals surface area (Å²) in [6.07, 6.45) is 0.920. The van der Waals surface area contributed by atoms with Gasteiger partial charge in [-0.05, 0) is 5.56 Å². The van der Waals surface area contributed by atoms with Gasteiger partial charge >= 0.3 is 5.97 Å². The first-order chi connectivity index (χ1) is 7.79. The molecule has 1 aliphatic rings. The van der Waals surface area contributed by atoms with Gasteiger partial charge in [-0.3, -0.25) is 0 Å². The molecule has 4 nitrogen and oxygen atoms in total. The van der Waals surface area contributed by atoms with E-state index in [0.717, 1.165) is 5.56 Å². The fourth-order valence-corrected chi connectivity index (χ4v) is 1.40. The first-order valence-corrected chi connectivity index (χ1v) is 5.00. The third-order valence-corrected chi connectivity index (χ3v) is 2.21. The molecule has 0 amide bonds. The van der Waals surface area contributed by atoms with Crippen molar-refractivity contribution in [2.45, 2.75) is 12.7 Å². The van der Waals surface area contributed by atoms with E-state index in [1.165, 1.54) is 6.08 Å². The number of carbonyl (C=O) groups is 1. The van der Waals surface area contributed by atoms with Gasteiger partial charge in [0.15, 0.2) is 0 Å². The molecule has 1 N–H and O–H groups in total. The number of aliphatic hydroxyl groups is 1. The highest BCUT2D eigenvalue weighted by molar-refractivity contribution is 5.88. The van der Waals surface area contributed by atoms with E-state index in [4.69, 9.17) is 14.6 Å². The monoisotopic (exact) mass is 220 g/mol. The zero-order chi connectivity index (χ0) is 11.4. The van der Waals surface area contributed by atoms with Gasteiger partial charge in [-0.1, -0.05) is 30.3 Å². The highest BCUT2D eigenvalue weighted by atomic mass is 16.6. The minimum Gasteiger partial charge on any atom is -0.482 e. The van der Waals surface area contributed by atoms with Crippen LogP contribution in [0.25, 0.3) is 0 Å². The Hall–Kier alpha value is -1.81. The predicted molar refractivity (Wildman–Crippen MR) is 56.3 cm³/mol. The lowest BCUT2D eigenvalue weighted by Gasteiger charge is -2.04. The zero-order valence-electron chi connectivity index (χ0n) is 8.63. The van der Waals surface area contributed by atoms with Gasteiger partial charge in [0, 0.05) is 6.08 Å². The second-order valence-corrected chi connectivity index (χ2v) is 3.43. The Bertz CT molecular complexity index is 397. The number of benzene rings is 1. The van der Waals surface area contributed by atoms with E-state index in [9.17, 15) is 4.79 Å². The summed E-state index contributed by atoms with van der Waals surface area (Å²) in [5.41, 5.74) is 0.976. The van der Waals surface area contributed by atoms with Gasteiger partial charge in [0.05, 0.1) is 6.61 Å². The summed E-state index contributed by atoms with van der Waals surface area (Å²) in [5.74, 6) is -0.349. The summed E-state index contributed by atoms with van der Waals surface area (Å²) in [6.45, 7) is 0.101. The second kappa shape index (κ2) is 4.81. The molecular weight excluding hydrogens is 208 g/mol. The van der Waals surface area contributed by atoms with E-state index in [-0.39, 0.29) is 12.4 Å². The van der Waals surface area contributed by atoms with Crippen LogP contribution in [0.5, 0.6) is 0 Å². The Balaban J connectivity index is 1.94. The van der Waals surface area contributed by atoms with E-state index in [0.29, 0.717) is 6.61 Å². The van der Waals surface area contributed by atoms with Gasteiger partial charge in [0.25, 0.3) is 0 Å². The van der Waals surface area contributed by atoms with Crippen molar-refractivity contribution < 1.29 is 19.4 Å². The number of esters is 1. The average molecular weight is 220 g/mol. The van der Waals surface area contributed by atoms with Crippen LogP contribution in [0, 0.1) is 0 Å². The van der Waals surface area contributed by atoms with E-state index in [1.807, 2.05) is 30.3 Å². The molecule has 0 saturated carbocycles. The van der Waals surface area contributed by atoms with Crippen LogP contribution in [0.1, 0.15) is 5.56 Å². The Morgan fingerprint density at radius 3 is 2.69 bits per heavy atom. The first kappa shape index (κ1) is 10.7. The second-order valence-electron chi connectivity index (χ2n) is 3.43. The van der Waals surface area contributed by atoms with Crippen LogP contribution in [-0.2, 0) is 20.9 Å². The van der Waals surface area contributed by atoms with Crippen molar-refractivity contribution >= 4 is 5.97 Å². The number of aliphatic hydroxyl groups excluding tert-OH is 1. The average Bonchev–Trinajstić information content (AvgIpc) is 2.69. The fraction of sp³-hybridized carbons (Fsp3) is 0.250. The molecule has 0 spiro atoms. The topological polar surface area (TPSA) is 55.8 Å². The van der Waals surface area contributed by atoms with Gasteiger partial charge in [0.1, 0.15) is 12.7 Å². The summed E-state index contributed by atoms with van der Waals surface area (Å²) >= 11 is 0. The molecule has 0 bridgehead atoms. The minimum atomic E-state index is -0.571. The van der Waals surface area contributed by atoms with E-state index in [2.05, 4.69) is 0 Å². The number of carbonyl (C=O) groups excluding carboxylic acids is 1. The highest BCUT2D eigenvalue weighted by Crippen LogP contribution is 2.16. The summed E-state index contributed by atoms with van der Waals surface area (Å²) in [5, 5.41) is 8.81. The lowest BCUT2D eigenvalue weighted by atomic mass is 10.2. The van der Waals surface area contributed by atoms with Gasteiger partial charge in [-0.2, -0.15) is 0 Å².